The number of aromatic nitrogens is 1. The largest absolute Gasteiger partial charge is 0.497 e. The van der Waals surface area contributed by atoms with Crippen molar-refractivity contribution in [3.8, 4) is 5.75 Å². The zero-order valence-corrected chi connectivity index (χ0v) is 17.7. The van der Waals surface area contributed by atoms with Crippen molar-refractivity contribution >= 4 is 22.4 Å². The summed E-state index contributed by atoms with van der Waals surface area (Å²) in [6.45, 7) is 6.67. The predicted octanol–water partition coefficient (Wildman–Crippen LogP) is 3.55. The smallest absolute Gasteiger partial charge is 0.258 e. The van der Waals surface area contributed by atoms with E-state index in [0.717, 1.165) is 29.9 Å². The highest BCUT2D eigenvalue weighted by Crippen LogP contribution is 2.24. The van der Waals surface area contributed by atoms with Crippen LogP contribution < -0.4 is 15.2 Å². The Kier molecular flexibility index (Phi) is 5.48. The minimum Gasteiger partial charge on any atom is -0.497 e. The summed E-state index contributed by atoms with van der Waals surface area (Å²) in [5.74, 6) is 0.805. The van der Waals surface area contributed by atoms with Gasteiger partial charge in [0.25, 0.3) is 11.5 Å². The van der Waals surface area contributed by atoms with E-state index in [2.05, 4.69) is 11.0 Å². The fourth-order valence-corrected chi connectivity index (χ4v) is 4.01. The van der Waals surface area contributed by atoms with Gasteiger partial charge in [-0.25, -0.2) is 0 Å². The van der Waals surface area contributed by atoms with E-state index < -0.39 is 0 Å². The Labute approximate surface area is 176 Å². The van der Waals surface area contributed by atoms with Crippen molar-refractivity contribution in [2.45, 2.75) is 19.9 Å². The van der Waals surface area contributed by atoms with Crippen molar-refractivity contribution in [3.63, 3.8) is 0 Å². The molecule has 1 saturated heterocycles. The molecule has 1 aliphatic rings. The second-order valence-corrected chi connectivity index (χ2v) is 7.88. The van der Waals surface area contributed by atoms with E-state index >= 15 is 0 Å². The lowest BCUT2D eigenvalue weighted by molar-refractivity contribution is 0.0747. The van der Waals surface area contributed by atoms with Gasteiger partial charge in [-0.15, -0.1) is 0 Å². The molecule has 0 N–H and O–H groups in total. The van der Waals surface area contributed by atoms with Crippen LogP contribution in [0.5, 0.6) is 5.75 Å². The molecule has 2 heterocycles. The summed E-state index contributed by atoms with van der Waals surface area (Å²) in [6.07, 6.45) is 1.73. The molecule has 4 rings (SSSR count). The van der Waals surface area contributed by atoms with Crippen LogP contribution in [-0.4, -0.2) is 48.7 Å². The molecule has 0 unspecified atom stereocenters. The number of rotatable bonds is 4. The standard InChI is InChI=1S/C24H27N3O3/c1-17(2)27-16-22(20-9-4-5-10-21(20)24(27)29)23(28)26-13-11-25(12-14-26)18-7-6-8-19(15-18)30-3/h4-10,15-17H,11-14H2,1-3H3. The van der Waals surface area contributed by atoms with E-state index in [0.29, 0.717) is 24.0 Å². The zero-order valence-electron chi connectivity index (χ0n) is 17.7. The Balaban J connectivity index is 1.59. The highest BCUT2D eigenvalue weighted by molar-refractivity contribution is 6.06. The first-order chi connectivity index (χ1) is 14.5. The number of benzene rings is 2. The maximum Gasteiger partial charge on any atom is 0.258 e. The quantitative estimate of drug-likeness (QED) is 0.666. The first kappa shape index (κ1) is 20.0. The fraction of sp³-hybridized carbons (Fsp3) is 0.333. The minimum absolute atomic E-state index is 0.0152. The van der Waals surface area contributed by atoms with Gasteiger partial charge in [0.05, 0.1) is 12.7 Å². The monoisotopic (exact) mass is 405 g/mol. The van der Waals surface area contributed by atoms with Crippen molar-refractivity contribution in [2.24, 2.45) is 0 Å². The van der Waals surface area contributed by atoms with Crippen LogP contribution in [-0.2, 0) is 0 Å². The van der Waals surface area contributed by atoms with E-state index in [-0.39, 0.29) is 17.5 Å². The van der Waals surface area contributed by atoms with Gasteiger partial charge in [-0.05, 0) is 32.0 Å². The van der Waals surface area contributed by atoms with Crippen LogP contribution in [0, 0.1) is 0 Å². The summed E-state index contributed by atoms with van der Waals surface area (Å²) in [5.41, 5.74) is 1.63. The predicted molar refractivity (Wildman–Crippen MR) is 120 cm³/mol. The van der Waals surface area contributed by atoms with Gasteiger partial charge >= 0.3 is 0 Å². The number of pyridine rings is 1. The van der Waals surface area contributed by atoms with Gasteiger partial charge in [0.2, 0.25) is 0 Å². The molecule has 0 spiro atoms. The number of fused-ring (bicyclic) bond motifs is 1. The Morgan fingerprint density at radius 3 is 2.33 bits per heavy atom. The van der Waals surface area contributed by atoms with Gasteiger partial charge in [0.1, 0.15) is 5.75 Å². The number of ether oxygens (including phenoxy) is 1. The lowest BCUT2D eigenvalue weighted by Gasteiger charge is -2.36. The van der Waals surface area contributed by atoms with Crippen molar-refractivity contribution in [2.75, 3.05) is 38.2 Å². The van der Waals surface area contributed by atoms with E-state index in [1.165, 1.54) is 0 Å². The summed E-state index contributed by atoms with van der Waals surface area (Å²) >= 11 is 0. The highest BCUT2D eigenvalue weighted by Gasteiger charge is 2.25. The average Bonchev–Trinajstić information content (AvgIpc) is 2.79. The number of methoxy groups -OCH3 is 1. The van der Waals surface area contributed by atoms with Crippen LogP contribution in [0.3, 0.4) is 0 Å². The highest BCUT2D eigenvalue weighted by atomic mass is 16.5. The van der Waals surface area contributed by atoms with E-state index in [1.807, 2.05) is 55.1 Å². The third-order valence-electron chi connectivity index (χ3n) is 5.72. The number of piperazine rings is 1. The second kappa shape index (κ2) is 8.22. The second-order valence-electron chi connectivity index (χ2n) is 7.88. The third-order valence-corrected chi connectivity index (χ3v) is 5.72. The van der Waals surface area contributed by atoms with E-state index in [1.54, 1.807) is 23.9 Å². The first-order valence-electron chi connectivity index (χ1n) is 10.3. The van der Waals surface area contributed by atoms with Crippen LogP contribution in [0.15, 0.2) is 59.5 Å². The molecule has 0 aliphatic carbocycles. The Morgan fingerprint density at radius 2 is 1.67 bits per heavy atom. The van der Waals surface area contributed by atoms with Crippen LogP contribution in [0.1, 0.15) is 30.2 Å². The number of carbonyl (C=O) groups is 1. The molecular weight excluding hydrogens is 378 g/mol. The number of amides is 1. The van der Waals surface area contributed by atoms with Gasteiger partial charge in [-0.1, -0.05) is 24.3 Å². The first-order valence-corrected chi connectivity index (χ1v) is 10.3. The Bertz CT molecular complexity index is 1130. The van der Waals surface area contributed by atoms with Gasteiger partial charge in [-0.3, -0.25) is 9.59 Å². The molecule has 0 atom stereocenters. The summed E-state index contributed by atoms with van der Waals surface area (Å²) < 4.78 is 6.98. The fourth-order valence-electron chi connectivity index (χ4n) is 4.01. The molecule has 0 bridgehead atoms. The lowest BCUT2D eigenvalue weighted by Crippen LogP contribution is -2.49. The minimum atomic E-state index is -0.0556. The topological polar surface area (TPSA) is 54.8 Å². The molecule has 3 aromatic rings. The summed E-state index contributed by atoms with van der Waals surface area (Å²) in [5, 5.41) is 1.31. The van der Waals surface area contributed by atoms with Gasteiger partial charge < -0.3 is 19.1 Å². The molecule has 1 aromatic heterocycles. The summed E-state index contributed by atoms with van der Waals surface area (Å²) in [6, 6.07) is 15.4. The SMILES string of the molecule is COc1cccc(N2CCN(C(=O)c3cn(C(C)C)c(=O)c4ccccc34)CC2)c1. The number of hydrogen-bond acceptors (Lipinski definition) is 4. The van der Waals surface area contributed by atoms with Crippen LogP contribution >= 0.6 is 0 Å². The van der Waals surface area contributed by atoms with E-state index in [4.69, 9.17) is 4.74 Å². The molecule has 6 heteroatoms. The van der Waals surface area contributed by atoms with Gasteiger partial charge in [0.15, 0.2) is 0 Å². The molecule has 1 amide bonds. The summed E-state index contributed by atoms with van der Waals surface area (Å²) in [4.78, 5) is 30.4. The van der Waals surface area contributed by atoms with Crippen LogP contribution in [0.2, 0.25) is 0 Å². The normalized spacial score (nSPS) is 14.4. The molecule has 0 radical (unpaired) electrons. The van der Waals surface area contributed by atoms with Crippen molar-refractivity contribution < 1.29 is 9.53 Å². The van der Waals surface area contributed by atoms with Gasteiger partial charge in [-0.2, -0.15) is 0 Å². The number of anilines is 1. The number of nitrogens with zero attached hydrogens (tertiary/aromatic N) is 3. The molecule has 30 heavy (non-hydrogen) atoms. The van der Waals surface area contributed by atoms with Gasteiger partial charge in [0, 0.05) is 60.9 Å². The van der Waals surface area contributed by atoms with Crippen molar-refractivity contribution in [3.05, 3.63) is 70.6 Å². The summed E-state index contributed by atoms with van der Waals surface area (Å²) in [7, 11) is 1.66. The molecular formula is C24H27N3O3. The maximum atomic E-state index is 13.4. The molecule has 0 saturated carbocycles. The average molecular weight is 405 g/mol. The van der Waals surface area contributed by atoms with Crippen LogP contribution in [0.25, 0.3) is 10.8 Å². The zero-order chi connectivity index (χ0) is 21.3. The van der Waals surface area contributed by atoms with E-state index in [9.17, 15) is 9.59 Å². The lowest BCUT2D eigenvalue weighted by atomic mass is 10.1. The molecule has 6 nitrogen and oxygen atoms in total. The molecule has 156 valence electrons. The van der Waals surface area contributed by atoms with Crippen molar-refractivity contribution in [1.29, 1.82) is 0 Å². The third kappa shape index (κ3) is 3.65. The Morgan fingerprint density at radius 1 is 0.967 bits per heavy atom. The molecule has 1 fully saturated rings. The van der Waals surface area contributed by atoms with Crippen molar-refractivity contribution in [1.82, 2.24) is 9.47 Å². The maximum absolute atomic E-state index is 13.4. The molecule has 1 aliphatic heterocycles. The number of carbonyl (C=O) groups excluding carboxylic acids is 1. The number of hydrogen-bond donors (Lipinski definition) is 0. The van der Waals surface area contributed by atoms with Crippen LogP contribution in [0.4, 0.5) is 5.69 Å². The molecule has 2 aromatic carbocycles. The Hall–Kier alpha value is -3.28.